The molecule has 2 unspecified atom stereocenters. The third kappa shape index (κ3) is 18.8. The standard InChI is InChI=1S/C54H76N7O13P/c1-3-60(4-2)40-24-27-45-49(35-40)73-50-37-48(62)44-36-41(25-26-43(44)52(50)57-45)68-32-21-17-13-9-5-6-10-14-18-22-33-69-42(39-72-75(66,67)71-34-30-55)38-70-51(63)23-19-15-11-7-8-12-16-20-31-56-46-28-29-47(61(64)65)54-53(46)58-74-59-54/h24-29,35-37,42,56H,3-23,30-34,38-39,55H2,1-2H3,(H,66,67). The molecule has 3 aromatic carbocycles. The van der Waals surface area contributed by atoms with Crippen molar-refractivity contribution in [1.82, 2.24) is 15.3 Å². The average molecular weight is 1060 g/mol. The molecule has 0 spiro atoms. The number of unbranched alkanes of at least 4 members (excludes halogenated alkanes) is 16. The second-order valence-electron chi connectivity index (χ2n) is 18.8. The number of quaternary nitrogens is 1. The fourth-order valence-electron chi connectivity index (χ4n) is 8.99. The van der Waals surface area contributed by atoms with Gasteiger partial charge in [-0.2, -0.15) is 0 Å². The Morgan fingerprint density at radius 3 is 2.13 bits per heavy atom. The van der Waals surface area contributed by atoms with Gasteiger partial charge in [-0.25, -0.2) is 9.61 Å². The first-order chi connectivity index (χ1) is 36.5. The topological polar surface area (TPSA) is 271 Å². The molecule has 410 valence electrons. The quantitative estimate of drug-likeness (QED) is 0.00690. The summed E-state index contributed by atoms with van der Waals surface area (Å²) in [6, 6.07) is 16.1. The first kappa shape index (κ1) is 58.5. The van der Waals surface area contributed by atoms with E-state index in [9.17, 15) is 29.2 Å². The normalized spacial score (nSPS) is 12.9. The van der Waals surface area contributed by atoms with Gasteiger partial charge in [0.15, 0.2) is 22.3 Å². The van der Waals surface area contributed by atoms with Crippen molar-refractivity contribution in [2.45, 2.75) is 142 Å². The summed E-state index contributed by atoms with van der Waals surface area (Å²) < 4.78 is 50.4. The average Bonchev–Trinajstić information content (AvgIpc) is 3.91. The van der Waals surface area contributed by atoms with Gasteiger partial charge in [0.2, 0.25) is 5.52 Å². The highest BCUT2D eigenvalue weighted by molar-refractivity contribution is 7.45. The Labute approximate surface area is 438 Å². The summed E-state index contributed by atoms with van der Waals surface area (Å²) in [5.74, 6) is 0.775. The molecule has 0 bridgehead atoms. The van der Waals surface area contributed by atoms with Crippen molar-refractivity contribution in [2.24, 2.45) is 0 Å². The van der Waals surface area contributed by atoms with Crippen molar-refractivity contribution < 1.29 is 57.2 Å². The van der Waals surface area contributed by atoms with Gasteiger partial charge in [0.05, 0.1) is 30.4 Å². The van der Waals surface area contributed by atoms with Crippen LogP contribution in [0.3, 0.4) is 0 Å². The zero-order valence-corrected chi connectivity index (χ0v) is 44.7. The number of non-ortho nitro benzene ring substituents is 1. The van der Waals surface area contributed by atoms with Crippen molar-refractivity contribution in [3.63, 3.8) is 0 Å². The van der Waals surface area contributed by atoms with Gasteiger partial charge in [0.25, 0.3) is 7.82 Å². The summed E-state index contributed by atoms with van der Waals surface area (Å²) in [6.45, 7) is 7.40. The van der Waals surface area contributed by atoms with Crippen LogP contribution in [0.1, 0.15) is 136 Å². The van der Waals surface area contributed by atoms with Gasteiger partial charge >= 0.3 is 11.7 Å². The second-order valence-corrected chi connectivity index (χ2v) is 20.2. The van der Waals surface area contributed by atoms with Gasteiger partial charge < -0.3 is 48.5 Å². The van der Waals surface area contributed by atoms with Crippen LogP contribution in [-0.2, 0) is 27.9 Å². The Bertz CT molecular complexity index is 2770. The predicted octanol–water partition coefficient (Wildman–Crippen LogP) is 10.3. The third-order valence-corrected chi connectivity index (χ3v) is 14.1. The molecule has 2 atom stereocenters. The summed E-state index contributed by atoms with van der Waals surface area (Å²) in [5, 5.41) is 23.2. The smallest absolute Gasteiger partial charge is 0.305 e. The second kappa shape index (κ2) is 31.3. The highest BCUT2D eigenvalue weighted by Crippen LogP contribution is 2.38. The molecule has 0 fully saturated rings. The molecule has 2 aliphatic rings. The van der Waals surface area contributed by atoms with Crippen molar-refractivity contribution in [3.05, 3.63) is 74.9 Å². The lowest BCUT2D eigenvalue weighted by Crippen LogP contribution is -2.52. The first-order valence-corrected chi connectivity index (χ1v) is 28.5. The maximum Gasteiger partial charge on any atom is 0.305 e. The lowest BCUT2D eigenvalue weighted by atomic mass is 10.0. The van der Waals surface area contributed by atoms with E-state index in [0.29, 0.717) is 65.6 Å². The molecular weight excluding hydrogens is 986 g/mol. The molecule has 20 nitrogen and oxygen atoms in total. The van der Waals surface area contributed by atoms with Crippen LogP contribution in [0.25, 0.3) is 44.4 Å². The number of nitrogens with zero attached hydrogens (tertiary/aromatic N) is 5. The Morgan fingerprint density at radius 1 is 0.773 bits per heavy atom. The van der Waals surface area contributed by atoms with Crippen LogP contribution < -0.4 is 31.0 Å². The van der Waals surface area contributed by atoms with Crippen LogP contribution in [0.15, 0.2) is 68.4 Å². The van der Waals surface area contributed by atoms with Crippen LogP contribution in [0.2, 0.25) is 0 Å². The number of hydrogen-bond donors (Lipinski definition) is 2. The summed E-state index contributed by atoms with van der Waals surface area (Å²) in [6.07, 6.45) is 17.8. The number of esters is 1. The number of fused-ring (bicyclic) bond motifs is 5. The number of nitro benzene ring substituents is 1. The molecule has 1 aliphatic carbocycles. The minimum absolute atomic E-state index is 0.0865. The van der Waals surface area contributed by atoms with Gasteiger partial charge in [0, 0.05) is 67.3 Å². The molecule has 4 N–H and O–H groups in total. The molecule has 6 rings (SSSR count). The monoisotopic (exact) mass is 1060 g/mol. The summed E-state index contributed by atoms with van der Waals surface area (Å²) in [7, 11) is -4.54. The van der Waals surface area contributed by atoms with E-state index in [-0.39, 0.29) is 55.4 Å². The molecule has 0 saturated carbocycles. The summed E-state index contributed by atoms with van der Waals surface area (Å²) >= 11 is 0. The Hall–Kier alpha value is -5.76. The minimum atomic E-state index is -4.54. The molecule has 0 amide bonds. The van der Waals surface area contributed by atoms with Gasteiger partial charge in [0.1, 0.15) is 36.3 Å². The van der Waals surface area contributed by atoms with Crippen LogP contribution in [0.5, 0.6) is 5.75 Å². The largest absolute Gasteiger partial charge is 0.756 e. The van der Waals surface area contributed by atoms with Gasteiger partial charge in [-0.15, -0.1) is 0 Å². The molecule has 21 heteroatoms. The maximum absolute atomic E-state index is 13.2. The van der Waals surface area contributed by atoms with E-state index in [2.05, 4.69) is 46.2 Å². The van der Waals surface area contributed by atoms with E-state index in [1.807, 2.05) is 30.3 Å². The van der Waals surface area contributed by atoms with Gasteiger partial charge in [-0.05, 0) is 86.2 Å². The number of nitrogens with one attached hydrogen (secondary N) is 1. The van der Waals surface area contributed by atoms with E-state index in [0.717, 1.165) is 139 Å². The molecule has 0 radical (unpaired) electrons. The number of anilines is 2. The highest BCUT2D eigenvalue weighted by Gasteiger charge is 2.21. The SMILES string of the molecule is CCN(CC)c1ccc2nc3c4ccc(OCCCCCCCCCCCCOC(COC(=O)CCCCCCCCCCNc5ccc([N+](=O)[O-])c6nonc56)COP(=O)([O-])OCC[NH3+])cc4c(=O)cc-3oc2c1. The van der Waals surface area contributed by atoms with E-state index >= 15 is 0 Å². The Morgan fingerprint density at radius 2 is 1.44 bits per heavy atom. The Kier molecular flexibility index (Phi) is 24.4. The van der Waals surface area contributed by atoms with Crippen LogP contribution in [0.4, 0.5) is 17.1 Å². The Balaban J connectivity index is 0.774. The molecule has 0 saturated heterocycles. The number of benzene rings is 4. The van der Waals surface area contributed by atoms with Crippen molar-refractivity contribution in [2.75, 3.05) is 69.4 Å². The number of carbonyl (C=O) groups excluding carboxylic acids is 1. The van der Waals surface area contributed by atoms with Crippen LogP contribution in [0, 0.1) is 10.1 Å². The van der Waals surface area contributed by atoms with Gasteiger partial charge in [-0.1, -0.05) is 89.9 Å². The van der Waals surface area contributed by atoms with E-state index < -0.39 is 18.8 Å². The molecule has 1 aliphatic heterocycles. The zero-order chi connectivity index (χ0) is 53.3. The maximum atomic E-state index is 13.2. The highest BCUT2D eigenvalue weighted by atomic mass is 31.2. The number of hydrogen-bond acceptors (Lipinski definition) is 18. The third-order valence-electron chi connectivity index (χ3n) is 13.1. The number of phosphoric ester groups is 1. The fourth-order valence-corrected chi connectivity index (χ4v) is 9.76. The number of ether oxygens (including phenoxy) is 3. The molecule has 75 heavy (non-hydrogen) atoms. The zero-order valence-electron chi connectivity index (χ0n) is 43.8. The predicted molar refractivity (Wildman–Crippen MR) is 286 cm³/mol. The van der Waals surface area contributed by atoms with Gasteiger partial charge in [-0.3, -0.25) is 24.3 Å². The van der Waals surface area contributed by atoms with Crippen molar-refractivity contribution >= 4 is 63.8 Å². The number of rotatable bonds is 39. The van der Waals surface area contributed by atoms with Crippen molar-refractivity contribution in [3.8, 4) is 17.2 Å². The van der Waals surface area contributed by atoms with Crippen molar-refractivity contribution in [1.29, 1.82) is 0 Å². The number of carbonyl (C=O) groups is 1. The summed E-state index contributed by atoms with van der Waals surface area (Å²) in [5.41, 5.74) is 7.54. The fraction of sp³-hybridized carbons (Fsp3) is 0.574. The van der Waals surface area contributed by atoms with E-state index in [4.69, 9.17) is 37.3 Å². The number of nitro groups is 1. The minimum Gasteiger partial charge on any atom is -0.756 e. The summed E-state index contributed by atoms with van der Waals surface area (Å²) in [4.78, 5) is 55.7. The number of aromatic nitrogens is 3. The molecule has 2 heterocycles. The molecule has 4 aromatic rings. The first-order valence-electron chi connectivity index (χ1n) is 27.0. The molecular formula is C54H76N7O13P. The number of phosphoric acid groups is 1. The van der Waals surface area contributed by atoms with E-state index in [1.165, 1.54) is 12.1 Å². The molecule has 1 aromatic heterocycles. The van der Waals surface area contributed by atoms with E-state index in [1.54, 1.807) is 6.07 Å². The van der Waals surface area contributed by atoms with Crippen LogP contribution >= 0.6 is 7.82 Å². The lowest BCUT2D eigenvalue weighted by Gasteiger charge is -2.25. The lowest BCUT2D eigenvalue weighted by molar-refractivity contribution is -0.383. The van der Waals surface area contributed by atoms with Crippen LogP contribution in [-0.4, -0.2) is 91.5 Å².